The van der Waals surface area contributed by atoms with E-state index < -0.39 is 0 Å². The van der Waals surface area contributed by atoms with Crippen molar-refractivity contribution in [3.05, 3.63) is 45.7 Å². The molecule has 1 aromatic heterocycles. The Morgan fingerprint density at radius 2 is 1.75 bits per heavy atom. The van der Waals surface area contributed by atoms with Crippen LogP contribution in [-0.2, 0) is 19.0 Å². The molecule has 1 aromatic carbocycles. The van der Waals surface area contributed by atoms with Gasteiger partial charge in [-0.2, -0.15) is 5.10 Å². The van der Waals surface area contributed by atoms with E-state index in [1.54, 1.807) is 6.07 Å². The van der Waals surface area contributed by atoms with E-state index >= 15 is 0 Å². The third kappa shape index (κ3) is 3.68. The molecule has 2 aromatic rings. The van der Waals surface area contributed by atoms with Gasteiger partial charge in [-0.25, -0.2) is 0 Å². The first-order chi connectivity index (χ1) is 9.25. The third-order valence-corrected chi connectivity index (χ3v) is 3.40. The van der Waals surface area contributed by atoms with Crippen molar-refractivity contribution >= 4 is 28.9 Å². The van der Waals surface area contributed by atoms with E-state index in [0.29, 0.717) is 16.6 Å². The smallest absolute Gasteiger partial charge is 0.0727 e. The van der Waals surface area contributed by atoms with Crippen molar-refractivity contribution in [2.75, 3.05) is 5.32 Å². The van der Waals surface area contributed by atoms with Crippen LogP contribution >= 0.6 is 23.2 Å². The number of rotatable bonds is 3. The summed E-state index contributed by atoms with van der Waals surface area (Å²) in [4.78, 5) is 0. The lowest BCUT2D eigenvalue weighted by molar-refractivity contribution is 0.549. The molecule has 0 aliphatic rings. The van der Waals surface area contributed by atoms with Crippen molar-refractivity contribution in [2.45, 2.75) is 32.7 Å². The van der Waals surface area contributed by atoms with Gasteiger partial charge in [0.1, 0.15) is 0 Å². The van der Waals surface area contributed by atoms with E-state index in [0.717, 1.165) is 11.4 Å². The van der Waals surface area contributed by atoms with Gasteiger partial charge in [0.25, 0.3) is 0 Å². The van der Waals surface area contributed by atoms with Crippen LogP contribution in [-0.4, -0.2) is 9.78 Å². The number of nitrogens with zero attached hydrogens (tertiary/aromatic N) is 2. The fourth-order valence-corrected chi connectivity index (χ4v) is 2.68. The zero-order valence-electron chi connectivity index (χ0n) is 12.2. The van der Waals surface area contributed by atoms with Crippen LogP contribution in [0, 0.1) is 0 Å². The molecule has 0 aliphatic heterocycles. The van der Waals surface area contributed by atoms with Crippen LogP contribution in [0.3, 0.4) is 0 Å². The number of benzene rings is 1. The Morgan fingerprint density at radius 1 is 1.15 bits per heavy atom. The molecule has 0 aliphatic carbocycles. The van der Waals surface area contributed by atoms with E-state index in [9.17, 15) is 0 Å². The van der Waals surface area contributed by atoms with E-state index in [1.807, 2.05) is 30.1 Å². The minimum atomic E-state index is 0.0181. The van der Waals surface area contributed by atoms with Gasteiger partial charge in [0, 0.05) is 46.5 Å². The number of hydrogen-bond acceptors (Lipinski definition) is 2. The maximum absolute atomic E-state index is 6.00. The topological polar surface area (TPSA) is 29.9 Å². The lowest BCUT2D eigenvalue weighted by atomic mass is 9.89. The zero-order chi connectivity index (χ0) is 14.9. The lowest BCUT2D eigenvalue weighted by Gasteiger charge is -2.18. The molecule has 108 valence electrons. The molecule has 0 saturated heterocycles. The molecular formula is C15H19Cl2N3. The maximum Gasteiger partial charge on any atom is 0.0727 e. The Balaban J connectivity index is 2.19. The second-order valence-electron chi connectivity index (χ2n) is 5.94. The number of aryl methyl sites for hydroxylation is 1. The van der Waals surface area contributed by atoms with Gasteiger partial charge in [-0.15, -0.1) is 0 Å². The highest BCUT2D eigenvalue weighted by atomic mass is 35.5. The molecule has 0 atom stereocenters. The molecule has 0 amide bonds. The predicted octanol–water partition coefficient (Wildman–Crippen LogP) is 4.64. The van der Waals surface area contributed by atoms with E-state index in [2.05, 4.69) is 31.2 Å². The molecule has 0 bridgehead atoms. The second kappa shape index (κ2) is 5.66. The summed E-state index contributed by atoms with van der Waals surface area (Å²) in [5, 5.41) is 9.15. The molecule has 5 heteroatoms. The highest BCUT2D eigenvalue weighted by Crippen LogP contribution is 2.26. The van der Waals surface area contributed by atoms with Gasteiger partial charge >= 0.3 is 0 Å². The minimum Gasteiger partial charge on any atom is -0.381 e. The fraction of sp³-hybridized carbons (Fsp3) is 0.400. The van der Waals surface area contributed by atoms with Crippen LogP contribution in [0.4, 0.5) is 5.69 Å². The van der Waals surface area contributed by atoms with Gasteiger partial charge in [0.15, 0.2) is 0 Å². The average Bonchev–Trinajstić information content (AvgIpc) is 2.66. The molecule has 0 saturated carbocycles. The van der Waals surface area contributed by atoms with E-state index in [4.69, 9.17) is 23.2 Å². The number of aromatic nitrogens is 2. The fourth-order valence-electron chi connectivity index (χ4n) is 2.15. The molecule has 1 heterocycles. The van der Waals surface area contributed by atoms with E-state index in [1.165, 1.54) is 5.56 Å². The Bertz CT molecular complexity index is 592. The van der Waals surface area contributed by atoms with Crippen LogP contribution in [0.5, 0.6) is 0 Å². The van der Waals surface area contributed by atoms with Crippen molar-refractivity contribution in [3.8, 4) is 0 Å². The first kappa shape index (κ1) is 15.2. The molecular weight excluding hydrogens is 293 g/mol. The molecule has 20 heavy (non-hydrogen) atoms. The number of anilines is 1. The summed E-state index contributed by atoms with van der Waals surface area (Å²) in [6.07, 6.45) is 2.04. The lowest BCUT2D eigenvalue weighted by Crippen LogP contribution is -2.16. The Labute approximate surface area is 129 Å². The number of halogens is 2. The van der Waals surface area contributed by atoms with Gasteiger partial charge in [0.05, 0.1) is 5.69 Å². The first-order valence-electron chi connectivity index (χ1n) is 6.48. The standard InChI is InChI=1S/C15H19Cl2N3/c1-15(2,3)14-10(9-20(4)19-14)8-18-13-6-11(16)5-12(17)7-13/h5-7,9,18H,8H2,1-4H3. The van der Waals surface area contributed by atoms with Crippen molar-refractivity contribution < 1.29 is 0 Å². The molecule has 0 radical (unpaired) electrons. The monoisotopic (exact) mass is 311 g/mol. The summed E-state index contributed by atoms with van der Waals surface area (Å²) < 4.78 is 1.85. The quantitative estimate of drug-likeness (QED) is 0.895. The van der Waals surface area contributed by atoms with Crippen LogP contribution in [0.2, 0.25) is 10.0 Å². The number of nitrogens with one attached hydrogen (secondary N) is 1. The first-order valence-corrected chi connectivity index (χ1v) is 7.24. The Morgan fingerprint density at radius 3 is 2.30 bits per heavy atom. The predicted molar refractivity (Wildman–Crippen MR) is 85.7 cm³/mol. The molecule has 0 spiro atoms. The molecule has 0 unspecified atom stereocenters. The van der Waals surface area contributed by atoms with Gasteiger partial charge in [-0.1, -0.05) is 44.0 Å². The van der Waals surface area contributed by atoms with Crippen LogP contribution < -0.4 is 5.32 Å². The summed E-state index contributed by atoms with van der Waals surface area (Å²) in [6, 6.07) is 5.44. The normalized spacial score (nSPS) is 11.7. The van der Waals surface area contributed by atoms with Crippen LogP contribution in [0.1, 0.15) is 32.0 Å². The van der Waals surface area contributed by atoms with Crippen LogP contribution in [0.25, 0.3) is 0 Å². The molecule has 3 nitrogen and oxygen atoms in total. The largest absolute Gasteiger partial charge is 0.381 e. The zero-order valence-corrected chi connectivity index (χ0v) is 13.7. The molecule has 2 rings (SSSR count). The van der Waals surface area contributed by atoms with Gasteiger partial charge < -0.3 is 5.32 Å². The second-order valence-corrected chi connectivity index (χ2v) is 6.81. The summed E-state index contributed by atoms with van der Waals surface area (Å²) in [5.41, 5.74) is 3.20. The average molecular weight is 312 g/mol. The SMILES string of the molecule is Cn1cc(CNc2cc(Cl)cc(Cl)c2)c(C(C)(C)C)n1. The third-order valence-electron chi connectivity index (χ3n) is 2.96. The Kier molecular flexibility index (Phi) is 4.31. The van der Waals surface area contributed by atoms with E-state index in [-0.39, 0.29) is 5.41 Å². The van der Waals surface area contributed by atoms with Crippen molar-refractivity contribution in [2.24, 2.45) is 7.05 Å². The highest BCUT2D eigenvalue weighted by Gasteiger charge is 2.21. The maximum atomic E-state index is 6.00. The minimum absolute atomic E-state index is 0.0181. The molecule has 1 N–H and O–H groups in total. The Hall–Kier alpha value is -1.19. The summed E-state index contributed by atoms with van der Waals surface area (Å²) in [5.74, 6) is 0. The van der Waals surface area contributed by atoms with Crippen molar-refractivity contribution in [3.63, 3.8) is 0 Å². The molecule has 0 fully saturated rings. The van der Waals surface area contributed by atoms with Crippen molar-refractivity contribution in [1.82, 2.24) is 9.78 Å². The van der Waals surface area contributed by atoms with Crippen LogP contribution in [0.15, 0.2) is 24.4 Å². The van der Waals surface area contributed by atoms with Gasteiger partial charge in [0.2, 0.25) is 0 Å². The summed E-state index contributed by atoms with van der Waals surface area (Å²) >= 11 is 12.0. The number of hydrogen-bond donors (Lipinski definition) is 1. The highest BCUT2D eigenvalue weighted by molar-refractivity contribution is 6.35. The van der Waals surface area contributed by atoms with Crippen molar-refractivity contribution in [1.29, 1.82) is 0 Å². The summed E-state index contributed by atoms with van der Waals surface area (Å²) in [7, 11) is 1.94. The van der Waals surface area contributed by atoms with Gasteiger partial charge in [-0.3, -0.25) is 4.68 Å². The summed E-state index contributed by atoms with van der Waals surface area (Å²) in [6.45, 7) is 7.18. The van der Waals surface area contributed by atoms with Gasteiger partial charge in [-0.05, 0) is 18.2 Å².